The Morgan fingerprint density at radius 3 is 2.72 bits per heavy atom. The second kappa shape index (κ2) is 4.81. The van der Waals surface area contributed by atoms with E-state index in [0.29, 0.717) is 6.61 Å². The molecule has 1 unspecified atom stereocenters. The van der Waals surface area contributed by atoms with Gasteiger partial charge in [-0.25, -0.2) is 0 Å². The minimum Gasteiger partial charge on any atom is -0.465 e. The summed E-state index contributed by atoms with van der Waals surface area (Å²) in [7, 11) is 0. The molecule has 3 rings (SSSR count). The maximum Gasteiger partial charge on any atom is 0.309 e. The van der Waals surface area contributed by atoms with Gasteiger partial charge < -0.3 is 4.74 Å². The molecule has 1 heterocycles. The zero-order chi connectivity index (χ0) is 12.4. The number of carbonyl (C=O) groups is 1. The normalized spacial score (nSPS) is 19.1. The number of ether oxygens (including phenoxy) is 1. The maximum atomic E-state index is 11.4. The van der Waals surface area contributed by atoms with E-state index in [2.05, 4.69) is 42.5 Å². The highest BCUT2D eigenvalue weighted by Gasteiger charge is 2.25. The zero-order valence-electron chi connectivity index (χ0n) is 10.3. The molecule has 2 aromatic carbocycles. The Hall–Kier alpha value is -1.83. The van der Waals surface area contributed by atoms with Crippen LogP contribution >= 0.6 is 0 Å². The molecule has 2 aromatic rings. The topological polar surface area (TPSA) is 26.3 Å². The third kappa shape index (κ3) is 2.23. The Morgan fingerprint density at radius 1 is 1.11 bits per heavy atom. The van der Waals surface area contributed by atoms with Crippen LogP contribution in [0.5, 0.6) is 0 Å². The van der Waals surface area contributed by atoms with Gasteiger partial charge in [0, 0.05) is 0 Å². The monoisotopic (exact) mass is 240 g/mol. The first-order valence-electron chi connectivity index (χ1n) is 6.47. The fourth-order valence-electron chi connectivity index (χ4n) is 2.53. The number of fused-ring (bicyclic) bond motifs is 1. The Bertz CT molecular complexity index is 574. The molecule has 0 aliphatic carbocycles. The summed E-state index contributed by atoms with van der Waals surface area (Å²) in [5, 5.41) is 2.53. The summed E-state index contributed by atoms with van der Waals surface area (Å²) < 4.78 is 4.99. The first-order chi connectivity index (χ1) is 8.83. The van der Waals surface area contributed by atoms with Gasteiger partial charge in [-0.3, -0.25) is 4.79 Å². The molecule has 1 fully saturated rings. The van der Waals surface area contributed by atoms with Gasteiger partial charge in [0.05, 0.1) is 12.5 Å². The first kappa shape index (κ1) is 11.3. The van der Waals surface area contributed by atoms with Gasteiger partial charge in [-0.2, -0.15) is 0 Å². The van der Waals surface area contributed by atoms with E-state index in [1.54, 1.807) is 0 Å². The number of hydrogen-bond acceptors (Lipinski definition) is 2. The molecule has 0 bridgehead atoms. The largest absolute Gasteiger partial charge is 0.465 e. The standard InChI is InChI=1S/C16H16O2/c17-16-14(9-10-18-16)8-6-12-5-7-13-3-1-2-4-15(13)11-12/h1-5,7,11,14H,6,8-10H2. The zero-order valence-corrected chi connectivity index (χ0v) is 10.3. The Labute approximate surface area is 107 Å². The summed E-state index contributed by atoms with van der Waals surface area (Å²) in [5.74, 6) is 0.0901. The molecule has 92 valence electrons. The molecule has 2 nitrogen and oxygen atoms in total. The molecule has 1 atom stereocenters. The molecule has 0 spiro atoms. The average Bonchev–Trinajstić information content (AvgIpc) is 2.82. The van der Waals surface area contributed by atoms with Crippen molar-refractivity contribution in [2.75, 3.05) is 6.61 Å². The molecule has 2 heteroatoms. The summed E-state index contributed by atoms with van der Waals surface area (Å²) in [6.45, 7) is 0.598. The summed E-state index contributed by atoms with van der Waals surface area (Å²) in [6.07, 6.45) is 2.73. The van der Waals surface area contributed by atoms with Crippen LogP contribution in [0.25, 0.3) is 10.8 Å². The second-order valence-electron chi connectivity index (χ2n) is 4.87. The summed E-state index contributed by atoms with van der Waals surface area (Å²) in [6, 6.07) is 14.9. The van der Waals surface area contributed by atoms with Crippen LogP contribution in [0.3, 0.4) is 0 Å². The molecule has 0 aromatic heterocycles. The van der Waals surface area contributed by atoms with Crippen molar-refractivity contribution < 1.29 is 9.53 Å². The van der Waals surface area contributed by atoms with Crippen LogP contribution in [-0.2, 0) is 16.0 Å². The van der Waals surface area contributed by atoms with Crippen LogP contribution in [-0.4, -0.2) is 12.6 Å². The van der Waals surface area contributed by atoms with Crippen molar-refractivity contribution in [3.63, 3.8) is 0 Å². The number of cyclic esters (lactones) is 1. The van der Waals surface area contributed by atoms with Crippen molar-refractivity contribution >= 4 is 16.7 Å². The number of rotatable bonds is 3. The van der Waals surface area contributed by atoms with Gasteiger partial charge in [-0.1, -0.05) is 42.5 Å². The highest BCUT2D eigenvalue weighted by atomic mass is 16.5. The molecule has 0 radical (unpaired) electrons. The van der Waals surface area contributed by atoms with Gasteiger partial charge in [0.2, 0.25) is 0 Å². The molecular formula is C16H16O2. The predicted octanol–water partition coefficient (Wildman–Crippen LogP) is 3.34. The van der Waals surface area contributed by atoms with Crippen molar-refractivity contribution in [3.05, 3.63) is 48.0 Å². The van der Waals surface area contributed by atoms with Gasteiger partial charge in [0.1, 0.15) is 0 Å². The third-order valence-corrected chi connectivity index (χ3v) is 3.64. The predicted molar refractivity (Wildman–Crippen MR) is 71.3 cm³/mol. The molecule has 0 saturated carbocycles. The van der Waals surface area contributed by atoms with E-state index in [0.717, 1.165) is 19.3 Å². The third-order valence-electron chi connectivity index (χ3n) is 3.64. The van der Waals surface area contributed by atoms with E-state index in [-0.39, 0.29) is 11.9 Å². The Balaban J connectivity index is 1.72. The van der Waals surface area contributed by atoms with Crippen molar-refractivity contribution in [3.8, 4) is 0 Å². The summed E-state index contributed by atoms with van der Waals surface area (Å²) in [4.78, 5) is 11.4. The SMILES string of the molecule is O=C1OCCC1CCc1ccc2ccccc2c1. The average molecular weight is 240 g/mol. The van der Waals surface area contributed by atoms with E-state index < -0.39 is 0 Å². The van der Waals surface area contributed by atoms with Crippen molar-refractivity contribution in [1.29, 1.82) is 0 Å². The van der Waals surface area contributed by atoms with Crippen LogP contribution < -0.4 is 0 Å². The fraction of sp³-hybridized carbons (Fsp3) is 0.312. The van der Waals surface area contributed by atoms with Crippen LogP contribution in [0.15, 0.2) is 42.5 Å². The van der Waals surface area contributed by atoms with Gasteiger partial charge in [-0.05, 0) is 35.6 Å². The minimum atomic E-state index is -0.0178. The van der Waals surface area contributed by atoms with E-state index in [9.17, 15) is 4.79 Å². The number of aryl methyl sites for hydroxylation is 1. The molecular weight excluding hydrogens is 224 g/mol. The van der Waals surface area contributed by atoms with Gasteiger partial charge in [0.25, 0.3) is 0 Å². The van der Waals surface area contributed by atoms with Crippen LogP contribution in [0, 0.1) is 5.92 Å². The smallest absolute Gasteiger partial charge is 0.309 e. The lowest BCUT2D eigenvalue weighted by atomic mass is 9.97. The fourth-order valence-corrected chi connectivity index (χ4v) is 2.53. The van der Waals surface area contributed by atoms with Gasteiger partial charge in [0.15, 0.2) is 0 Å². The highest BCUT2D eigenvalue weighted by molar-refractivity contribution is 5.83. The van der Waals surface area contributed by atoms with Crippen LogP contribution in [0.4, 0.5) is 0 Å². The van der Waals surface area contributed by atoms with Crippen molar-refractivity contribution in [2.45, 2.75) is 19.3 Å². The van der Waals surface area contributed by atoms with Crippen molar-refractivity contribution in [1.82, 2.24) is 0 Å². The molecule has 0 N–H and O–H groups in total. The van der Waals surface area contributed by atoms with Crippen LogP contribution in [0.1, 0.15) is 18.4 Å². The number of hydrogen-bond donors (Lipinski definition) is 0. The lowest BCUT2D eigenvalue weighted by Crippen LogP contribution is -2.08. The highest BCUT2D eigenvalue weighted by Crippen LogP contribution is 2.22. The number of carbonyl (C=O) groups excluding carboxylic acids is 1. The number of esters is 1. The quantitative estimate of drug-likeness (QED) is 0.769. The summed E-state index contributed by atoms with van der Waals surface area (Å²) in [5.41, 5.74) is 1.30. The van der Waals surface area contributed by atoms with Crippen LogP contribution in [0.2, 0.25) is 0 Å². The minimum absolute atomic E-state index is 0.0178. The van der Waals surface area contributed by atoms with E-state index in [1.807, 2.05) is 0 Å². The molecule has 1 aliphatic heterocycles. The molecule has 1 saturated heterocycles. The maximum absolute atomic E-state index is 11.4. The lowest BCUT2D eigenvalue weighted by Gasteiger charge is -2.06. The molecule has 0 amide bonds. The van der Waals surface area contributed by atoms with Crippen molar-refractivity contribution in [2.24, 2.45) is 5.92 Å². The number of benzene rings is 2. The van der Waals surface area contributed by atoms with E-state index >= 15 is 0 Å². The van der Waals surface area contributed by atoms with Gasteiger partial charge in [-0.15, -0.1) is 0 Å². The Kier molecular flexibility index (Phi) is 3.01. The molecule has 1 aliphatic rings. The lowest BCUT2D eigenvalue weighted by molar-refractivity contribution is -0.141. The Morgan fingerprint density at radius 2 is 1.94 bits per heavy atom. The van der Waals surface area contributed by atoms with E-state index in [4.69, 9.17) is 4.74 Å². The van der Waals surface area contributed by atoms with E-state index in [1.165, 1.54) is 16.3 Å². The second-order valence-corrected chi connectivity index (χ2v) is 4.87. The summed E-state index contributed by atoms with van der Waals surface area (Å²) >= 11 is 0. The first-order valence-corrected chi connectivity index (χ1v) is 6.47. The van der Waals surface area contributed by atoms with Gasteiger partial charge >= 0.3 is 5.97 Å². The molecule has 18 heavy (non-hydrogen) atoms.